The molecule has 0 aromatic carbocycles. The molecule has 130 valence electrons. The van der Waals surface area contributed by atoms with Gasteiger partial charge in [-0.05, 0) is 41.1 Å². The van der Waals surface area contributed by atoms with E-state index in [9.17, 15) is 13.2 Å². The summed E-state index contributed by atoms with van der Waals surface area (Å²) in [6.07, 6.45) is 2.00. The average Bonchev–Trinajstić information content (AvgIpc) is 2.96. The molecule has 1 aliphatic carbocycles. The Bertz CT molecular complexity index is 649. The Morgan fingerprint density at radius 2 is 2.22 bits per heavy atom. The number of nitrogens with zero attached hydrogens (tertiary/aromatic N) is 1. The first-order valence-electron chi connectivity index (χ1n) is 7.08. The van der Waals surface area contributed by atoms with Crippen LogP contribution in [0.15, 0.2) is 14.3 Å². The van der Waals surface area contributed by atoms with E-state index in [1.807, 2.05) is 0 Å². The van der Waals surface area contributed by atoms with Crippen molar-refractivity contribution < 1.29 is 22.7 Å². The molecule has 0 spiro atoms. The third kappa shape index (κ3) is 4.96. The van der Waals surface area contributed by atoms with Gasteiger partial charge in [0.15, 0.2) is 8.94 Å². The van der Waals surface area contributed by atoms with E-state index in [2.05, 4.69) is 30.4 Å². The summed E-state index contributed by atoms with van der Waals surface area (Å²) >= 11 is 4.37. The highest BCUT2D eigenvalue weighted by atomic mass is 79.9. The average molecular weight is 427 g/mol. The van der Waals surface area contributed by atoms with Gasteiger partial charge in [-0.2, -0.15) is 0 Å². The quantitative estimate of drug-likeness (QED) is 0.698. The van der Waals surface area contributed by atoms with E-state index in [4.69, 9.17) is 4.74 Å². The summed E-state index contributed by atoms with van der Waals surface area (Å²) < 4.78 is 38.0. The van der Waals surface area contributed by atoms with E-state index >= 15 is 0 Å². The van der Waals surface area contributed by atoms with Crippen molar-refractivity contribution in [3.8, 4) is 0 Å². The van der Waals surface area contributed by atoms with Crippen molar-refractivity contribution in [2.45, 2.75) is 42.9 Å². The molecule has 1 aliphatic rings. The minimum Gasteiger partial charge on any atom is -0.469 e. The molecule has 1 aromatic rings. The lowest BCUT2D eigenvalue weighted by atomic mass is 9.82. The maximum Gasteiger partial charge on any atom is 0.305 e. The number of esters is 1. The van der Waals surface area contributed by atoms with Crippen LogP contribution in [0.5, 0.6) is 0 Å². The van der Waals surface area contributed by atoms with Gasteiger partial charge in [0.1, 0.15) is 0 Å². The molecular weight excluding hydrogens is 408 g/mol. The van der Waals surface area contributed by atoms with Crippen LogP contribution < -0.4 is 4.72 Å². The van der Waals surface area contributed by atoms with Gasteiger partial charge in [-0.15, -0.1) is 11.3 Å². The number of halogens is 1. The zero-order valence-electron chi connectivity index (χ0n) is 12.8. The van der Waals surface area contributed by atoms with E-state index in [1.165, 1.54) is 23.8 Å². The zero-order valence-corrected chi connectivity index (χ0v) is 16.0. The second-order valence-corrected chi connectivity index (χ2v) is 9.19. The number of thiazole rings is 1. The minimum atomic E-state index is -3.68. The number of hydrogen-bond acceptors (Lipinski definition) is 7. The Hall–Kier alpha value is -0.550. The van der Waals surface area contributed by atoms with E-state index < -0.39 is 10.0 Å². The standard InChI is InChI=1S/C13H19BrN2O5S2/c1-20-10-5-8(6-12(17)21-2)3-4-9(10)16-23(18,19)11-7-22-13(14)15-11/h7-10,16H,3-6H2,1-2H3. The number of rotatable bonds is 6. The van der Waals surface area contributed by atoms with Gasteiger partial charge in [-0.1, -0.05) is 0 Å². The summed E-state index contributed by atoms with van der Waals surface area (Å²) in [6, 6.07) is -0.334. The van der Waals surface area contributed by atoms with Gasteiger partial charge >= 0.3 is 5.97 Å². The third-order valence-electron chi connectivity index (χ3n) is 3.92. The van der Waals surface area contributed by atoms with E-state index in [0.717, 1.165) is 6.42 Å². The van der Waals surface area contributed by atoms with Crippen LogP contribution in [-0.4, -0.2) is 45.7 Å². The van der Waals surface area contributed by atoms with Gasteiger partial charge in [-0.25, -0.2) is 18.1 Å². The lowest BCUT2D eigenvalue weighted by Gasteiger charge is -2.35. The topological polar surface area (TPSA) is 94.6 Å². The number of ether oxygens (including phenoxy) is 2. The molecule has 0 bridgehead atoms. The summed E-state index contributed by atoms with van der Waals surface area (Å²) in [4.78, 5) is 15.3. The summed E-state index contributed by atoms with van der Waals surface area (Å²) in [5.74, 6) is -0.113. The molecule has 7 nitrogen and oxygen atoms in total. The van der Waals surface area contributed by atoms with Crippen LogP contribution in [0.1, 0.15) is 25.7 Å². The SMILES string of the molecule is COC(=O)CC1CCC(NS(=O)(=O)c2csc(Br)n2)C(OC)C1. The van der Waals surface area contributed by atoms with Gasteiger partial charge < -0.3 is 9.47 Å². The molecule has 0 aliphatic heterocycles. The van der Waals surface area contributed by atoms with Crippen LogP contribution in [0.4, 0.5) is 0 Å². The maximum absolute atomic E-state index is 12.4. The first-order valence-corrected chi connectivity index (χ1v) is 10.2. The molecule has 1 fully saturated rings. The molecule has 2 rings (SSSR count). The fraction of sp³-hybridized carbons (Fsp3) is 0.692. The molecule has 0 saturated heterocycles. The predicted molar refractivity (Wildman–Crippen MR) is 88.7 cm³/mol. The molecule has 10 heteroatoms. The van der Waals surface area contributed by atoms with Gasteiger partial charge in [-0.3, -0.25) is 4.79 Å². The first kappa shape index (κ1) is 18.8. The monoisotopic (exact) mass is 426 g/mol. The molecule has 3 unspecified atom stereocenters. The van der Waals surface area contributed by atoms with E-state index in [0.29, 0.717) is 23.2 Å². The van der Waals surface area contributed by atoms with E-state index in [-0.39, 0.29) is 29.1 Å². The third-order valence-corrected chi connectivity index (χ3v) is 6.81. The van der Waals surface area contributed by atoms with Crippen LogP contribution in [0.3, 0.4) is 0 Å². The highest BCUT2D eigenvalue weighted by Crippen LogP contribution is 2.30. The predicted octanol–water partition coefficient (Wildman–Crippen LogP) is 1.93. The summed E-state index contributed by atoms with van der Waals surface area (Å²) in [6.45, 7) is 0. The maximum atomic E-state index is 12.4. The molecule has 0 amide bonds. The normalized spacial score (nSPS) is 25.3. The largest absolute Gasteiger partial charge is 0.469 e. The zero-order chi connectivity index (χ0) is 17.0. The molecule has 1 N–H and O–H groups in total. The lowest BCUT2D eigenvalue weighted by Crippen LogP contribution is -2.47. The molecule has 3 atom stereocenters. The van der Waals surface area contributed by atoms with Crippen molar-refractivity contribution >= 4 is 43.3 Å². The molecule has 1 aromatic heterocycles. The second-order valence-electron chi connectivity index (χ2n) is 5.40. The highest BCUT2D eigenvalue weighted by molar-refractivity contribution is 9.11. The first-order chi connectivity index (χ1) is 10.9. The smallest absolute Gasteiger partial charge is 0.305 e. The Labute approximate surface area is 148 Å². The number of sulfonamides is 1. The fourth-order valence-corrected chi connectivity index (χ4v) is 5.43. The Kier molecular flexibility index (Phi) is 6.55. The van der Waals surface area contributed by atoms with E-state index in [1.54, 1.807) is 7.11 Å². The number of nitrogens with one attached hydrogen (secondary N) is 1. The van der Waals surface area contributed by atoms with Crippen LogP contribution >= 0.6 is 27.3 Å². The molecule has 23 heavy (non-hydrogen) atoms. The number of methoxy groups -OCH3 is 2. The fourth-order valence-electron chi connectivity index (χ4n) is 2.73. The Morgan fingerprint density at radius 1 is 1.48 bits per heavy atom. The van der Waals surface area contributed by atoms with Gasteiger partial charge in [0.25, 0.3) is 10.0 Å². The van der Waals surface area contributed by atoms with Crippen molar-refractivity contribution in [1.82, 2.24) is 9.71 Å². The van der Waals surface area contributed by atoms with Crippen LogP contribution in [0.2, 0.25) is 0 Å². The van der Waals surface area contributed by atoms with Crippen molar-refractivity contribution in [3.63, 3.8) is 0 Å². The highest BCUT2D eigenvalue weighted by Gasteiger charge is 2.35. The summed E-state index contributed by atoms with van der Waals surface area (Å²) in [5.41, 5.74) is 0. The Balaban J connectivity index is 2.02. The van der Waals surface area contributed by atoms with Gasteiger partial charge in [0.2, 0.25) is 0 Å². The molecular formula is C13H19BrN2O5S2. The number of carbonyl (C=O) groups excluding carboxylic acids is 1. The minimum absolute atomic E-state index is 0.000845. The molecule has 0 radical (unpaired) electrons. The van der Waals surface area contributed by atoms with Crippen molar-refractivity contribution in [1.29, 1.82) is 0 Å². The van der Waals surface area contributed by atoms with Crippen LogP contribution in [-0.2, 0) is 24.3 Å². The number of hydrogen-bond donors (Lipinski definition) is 1. The summed E-state index contributed by atoms with van der Waals surface area (Å²) in [5, 5.41) is 1.48. The molecule has 1 heterocycles. The van der Waals surface area contributed by atoms with Crippen molar-refractivity contribution in [2.75, 3.05) is 14.2 Å². The summed E-state index contributed by atoms with van der Waals surface area (Å²) in [7, 11) is -0.769. The number of aromatic nitrogens is 1. The van der Waals surface area contributed by atoms with Gasteiger partial charge in [0.05, 0.1) is 13.2 Å². The Morgan fingerprint density at radius 3 is 2.78 bits per heavy atom. The van der Waals surface area contributed by atoms with Crippen LogP contribution in [0.25, 0.3) is 0 Å². The molecule has 1 saturated carbocycles. The van der Waals surface area contributed by atoms with Crippen LogP contribution in [0, 0.1) is 5.92 Å². The van der Waals surface area contributed by atoms with Gasteiger partial charge in [0, 0.05) is 25.0 Å². The second kappa shape index (κ2) is 8.02. The number of carbonyl (C=O) groups is 1. The van der Waals surface area contributed by atoms with Crippen molar-refractivity contribution in [2.24, 2.45) is 5.92 Å². The lowest BCUT2D eigenvalue weighted by molar-refractivity contribution is -0.142. The van der Waals surface area contributed by atoms with Crippen molar-refractivity contribution in [3.05, 3.63) is 9.30 Å².